The Morgan fingerprint density at radius 2 is 1.86 bits per heavy atom. The standard InChI is InChI=1S/C16H24N2O3/c1-2-7-13-14(12-8-3-4-9-12)15(19)21-18(13)16(20)17-10-5-6-11-17/h12H,2-11H2,1H3. The van der Waals surface area contributed by atoms with Crippen molar-refractivity contribution in [3.63, 3.8) is 0 Å². The maximum absolute atomic E-state index is 12.6. The monoisotopic (exact) mass is 292 g/mol. The highest BCUT2D eigenvalue weighted by molar-refractivity contribution is 5.76. The van der Waals surface area contributed by atoms with Crippen LogP contribution in [0.15, 0.2) is 9.32 Å². The lowest BCUT2D eigenvalue weighted by atomic mass is 9.96. The second-order valence-corrected chi connectivity index (χ2v) is 6.24. The average molecular weight is 292 g/mol. The van der Waals surface area contributed by atoms with Crippen molar-refractivity contribution in [2.45, 2.75) is 64.2 Å². The van der Waals surface area contributed by atoms with Gasteiger partial charge in [-0.3, -0.25) is 0 Å². The van der Waals surface area contributed by atoms with E-state index in [0.29, 0.717) is 0 Å². The van der Waals surface area contributed by atoms with Crippen molar-refractivity contribution in [3.8, 4) is 0 Å². The van der Waals surface area contributed by atoms with Crippen molar-refractivity contribution in [3.05, 3.63) is 21.7 Å². The normalized spacial score (nSPS) is 19.6. The fraction of sp³-hybridized carbons (Fsp3) is 0.750. The smallest absolute Gasteiger partial charge is 0.327 e. The number of amides is 1. The Bertz CT molecular complexity index is 561. The van der Waals surface area contributed by atoms with Gasteiger partial charge in [-0.25, -0.2) is 9.59 Å². The molecule has 1 aliphatic carbocycles. The molecule has 2 aliphatic rings. The van der Waals surface area contributed by atoms with Gasteiger partial charge in [0.2, 0.25) is 0 Å². The molecule has 1 aromatic heterocycles. The molecule has 1 amide bonds. The lowest BCUT2D eigenvalue weighted by Gasteiger charge is -2.16. The number of carbonyl (C=O) groups is 1. The molecular formula is C16H24N2O3. The number of hydrogen-bond acceptors (Lipinski definition) is 3. The molecule has 2 fully saturated rings. The summed E-state index contributed by atoms with van der Waals surface area (Å²) in [6, 6.07) is -0.155. The molecule has 21 heavy (non-hydrogen) atoms. The molecule has 1 saturated heterocycles. The summed E-state index contributed by atoms with van der Waals surface area (Å²) in [7, 11) is 0. The van der Waals surface area contributed by atoms with Gasteiger partial charge in [0.15, 0.2) is 0 Å². The van der Waals surface area contributed by atoms with Crippen LogP contribution in [0.2, 0.25) is 0 Å². The highest BCUT2D eigenvalue weighted by Gasteiger charge is 2.31. The lowest BCUT2D eigenvalue weighted by molar-refractivity contribution is 0.173. The Balaban J connectivity index is 1.97. The van der Waals surface area contributed by atoms with E-state index in [4.69, 9.17) is 4.52 Å². The molecule has 0 unspecified atom stereocenters. The summed E-state index contributed by atoms with van der Waals surface area (Å²) in [5, 5.41) is 0. The maximum Gasteiger partial charge on any atom is 0.362 e. The van der Waals surface area contributed by atoms with Gasteiger partial charge in [-0.15, -0.1) is 4.74 Å². The quantitative estimate of drug-likeness (QED) is 0.860. The number of carbonyl (C=O) groups excluding carboxylic acids is 1. The first kappa shape index (κ1) is 14.4. The van der Waals surface area contributed by atoms with Crippen LogP contribution in [0.4, 0.5) is 4.79 Å². The second-order valence-electron chi connectivity index (χ2n) is 6.24. The van der Waals surface area contributed by atoms with E-state index in [1.807, 2.05) is 0 Å². The maximum atomic E-state index is 12.6. The van der Waals surface area contributed by atoms with E-state index in [-0.39, 0.29) is 17.6 Å². The molecule has 1 aromatic rings. The van der Waals surface area contributed by atoms with E-state index in [0.717, 1.165) is 62.9 Å². The Morgan fingerprint density at radius 3 is 2.48 bits per heavy atom. The Morgan fingerprint density at radius 1 is 1.19 bits per heavy atom. The molecule has 1 aliphatic heterocycles. The van der Waals surface area contributed by atoms with Crippen LogP contribution in [0.3, 0.4) is 0 Å². The molecule has 2 heterocycles. The van der Waals surface area contributed by atoms with Gasteiger partial charge in [-0.1, -0.05) is 26.2 Å². The van der Waals surface area contributed by atoms with E-state index in [1.165, 1.54) is 17.6 Å². The second kappa shape index (κ2) is 6.08. The van der Waals surface area contributed by atoms with Crippen molar-refractivity contribution < 1.29 is 9.32 Å². The van der Waals surface area contributed by atoms with Crippen LogP contribution < -0.4 is 5.63 Å². The molecule has 3 rings (SSSR count). The van der Waals surface area contributed by atoms with E-state index in [9.17, 15) is 9.59 Å². The van der Waals surface area contributed by atoms with Crippen molar-refractivity contribution in [1.82, 2.24) is 9.64 Å². The summed E-state index contributed by atoms with van der Waals surface area (Å²) in [5.74, 6) is 0.287. The van der Waals surface area contributed by atoms with Crippen molar-refractivity contribution in [1.29, 1.82) is 0 Å². The molecule has 116 valence electrons. The molecule has 0 aromatic carbocycles. The fourth-order valence-electron chi connectivity index (χ4n) is 3.70. The van der Waals surface area contributed by atoms with E-state index in [2.05, 4.69) is 6.92 Å². The van der Waals surface area contributed by atoms with Crippen LogP contribution in [0, 0.1) is 0 Å². The van der Waals surface area contributed by atoms with Crippen molar-refractivity contribution in [2.75, 3.05) is 13.1 Å². The number of rotatable bonds is 3. The molecule has 0 atom stereocenters. The predicted octanol–water partition coefficient (Wildman–Crippen LogP) is 3.12. The summed E-state index contributed by atoms with van der Waals surface area (Å²) < 4.78 is 6.65. The zero-order valence-electron chi connectivity index (χ0n) is 12.8. The van der Waals surface area contributed by atoms with Gasteiger partial charge in [0.05, 0.1) is 11.3 Å². The number of likely N-dealkylation sites (tertiary alicyclic amines) is 1. The summed E-state index contributed by atoms with van der Waals surface area (Å²) in [6.07, 6.45) is 8.14. The highest BCUT2D eigenvalue weighted by atomic mass is 16.5. The summed E-state index contributed by atoms with van der Waals surface area (Å²) >= 11 is 0. The molecular weight excluding hydrogens is 268 g/mol. The Labute approximate surface area is 124 Å². The van der Waals surface area contributed by atoms with Gasteiger partial charge < -0.3 is 9.42 Å². The first-order chi connectivity index (χ1) is 10.2. The summed E-state index contributed by atoms with van der Waals surface area (Å²) in [4.78, 5) is 26.7. The van der Waals surface area contributed by atoms with Gasteiger partial charge in [-0.05, 0) is 38.0 Å². The predicted molar refractivity (Wildman–Crippen MR) is 79.8 cm³/mol. The largest absolute Gasteiger partial charge is 0.362 e. The number of hydrogen-bond donors (Lipinski definition) is 0. The molecule has 0 radical (unpaired) electrons. The van der Waals surface area contributed by atoms with Crippen LogP contribution in [-0.4, -0.2) is 28.8 Å². The minimum atomic E-state index is -0.294. The van der Waals surface area contributed by atoms with Crippen LogP contribution >= 0.6 is 0 Å². The zero-order valence-corrected chi connectivity index (χ0v) is 12.8. The third-order valence-corrected chi connectivity index (χ3v) is 4.75. The summed E-state index contributed by atoms with van der Waals surface area (Å²) in [6.45, 7) is 3.61. The molecule has 5 heteroatoms. The number of nitrogens with zero attached hydrogens (tertiary/aromatic N) is 2. The van der Waals surface area contributed by atoms with Crippen LogP contribution in [-0.2, 0) is 6.42 Å². The summed E-state index contributed by atoms with van der Waals surface area (Å²) in [5.41, 5.74) is 1.31. The van der Waals surface area contributed by atoms with E-state index < -0.39 is 0 Å². The van der Waals surface area contributed by atoms with Crippen LogP contribution in [0.25, 0.3) is 0 Å². The SMILES string of the molecule is CCCc1c(C2CCCC2)c(=O)on1C(=O)N1CCCC1. The molecule has 0 spiro atoms. The first-order valence-corrected chi connectivity index (χ1v) is 8.26. The number of aromatic nitrogens is 1. The fourth-order valence-corrected chi connectivity index (χ4v) is 3.70. The Kier molecular flexibility index (Phi) is 4.17. The Hall–Kier alpha value is -1.52. The van der Waals surface area contributed by atoms with Gasteiger partial charge in [0.1, 0.15) is 0 Å². The average Bonchev–Trinajstić information content (AvgIpc) is 3.18. The topological polar surface area (TPSA) is 55.5 Å². The van der Waals surface area contributed by atoms with Crippen molar-refractivity contribution in [2.24, 2.45) is 0 Å². The van der Waals surface area contributed by atoms with Gasteiger partial charge in [-0.2, -0.15) is 0 Å². The van der Waals surface area contributed by atoms with Gasteiger partial charge >= 0.3 is 11.7 Å². The molecule has 5 nitrogen and oxygen atoms in total. The first-order valence-electron chi connectivity index (χ1n) is 8.26. The van der Waals surface area contributed by atoms with Gasteiger partial charge in [0.25, 0.3) is 0 Å². The lowest BCUT2D eigenvalue weighted by Crippen LogP contribution is -2.32. The molecule has 0 bridgehead atoms. The van der Waals surface area contributed by atoms with E-state index in [1.54, 1.807) is 4.90 Å². The molecule has 1 saturated carbocycles. The minimum absolute atomic E-state index is 0.155. The zero-order chi connectivity index (χ0) is 14.8. The van der Waals surface area contributed by atoms with Crippen LogP contribution in [0.5, 0.6) is 0 Å². The molecule has 0 N–H and O–H groups in total. The third-order valence-electron chi connectivity index (χ3n) is 4.75. The van der Waals surface area contributed by atoms with Gasteiger partial charge in [0, 0.05) is 13.1 Å². The third kappa shape index (κ3) is 2.65. The van der Waals surface area contributed by atoms with Crippen LogP contribution in [0.1, 0.15) is 69.0 Å². The highest BCUT2D eigenvalue weighted by Crippen LogP contribution is 2.35. The minimum Gasteiger partial charge on any atom is -0.327 e. The van der Waals surface area contributed by atoms with Crippen molar-refractivity contribution >= 4 is 6.03 Å². The van der Waals surface area contributed by atoms with E-state index >= 15 is 0 Å².